The summed E-state index contributed by atoms with van der Waals surface area (Å²) >= 11 is 13.0. The number of amides is 1. The number of thiophene rings is 1. The van der Waals surface area contributed by atoms with E-state index in [1.807, 2.05) is 0 Å². The third-order valence-electron chi connectivity index (χ3n) is 3.58. The Bertz CT molecular complexity index is 1090. The zero-order valence-corrected chi connectivity index (χ0v) is 16.3. The molecule has 0 saturated heterocycles. The first-order chi connectivity index (χ1) is 12.9. The van der Waals surface area contributed by atoms with Gasteiger partial charge in [-0.2, -0.15) is 0 Å². The molecule has 0 unspecified atom stereocenters. The van der Waals surface area contributed by atoms with Gasteiger partial charge in [0.05, 0.1) is 34.6 Å². The summed E-state index contributed by atoms with van der Waals surface area (Å²) in [5, 5.41) is 4.98. The number of ether oxygens (including phenoxy) is 1. The van der Waals surface area contributed by atoms with Crippen LogP contribution in [0.1, 0.15) is 17.3 Å². The highest BCUT2D eigenvalue weighted by Crippen LogP contribution is 2.25. The molecule has 0 spiro atoms. The average Bonchev–Trinajstić information content (AvgIpc) is 3.05. The van der Waals surface area contributed by atoms with Crippen molar-refractivity contribution in [2.75, 3.05) is 11.9 Å². The molecule has 1 amide bonds. The van der Waals surface area contributed by atoms with Gasteiger partial charge in [-0.05, 0) is 25.1 Å². The molecule has 7 nitrogen and oxygen atoms in total. The van der Waals surface area contributed by atoms with Crippen LogP contribution in [0, 0.1) is 0 Å². The Kier molecular flexibility index (Phi) is 5.79. The highest BCUT2D eigenvalue weighted by atomic mass is 35.5. The third kappa shape index (κ3) is 4.13. The molecule has 3 aromatic rings. The number of benzene rings is 1. The predicted molar refractivity (Wildman–Crippen MR) is 105 cm³/mol. The van der Waals surface area contributed by atoms with Gasteiger partial charge >= 0.3 is 5.97 Å². The van der Waals surface area contributed by atoms with E-state index in [0.29, 0.717) is 15.5 Å². The quantitative estimate of drug-likeness (QED) is 0.630. The fourth-order valence-electron chi connectivity index (χ4n) is 2.37. The summed E-state index contributed by atoms with van der Waals surface area (Å²) in [5.41, 5.74) is 0.0161. The van der Waals surface area contributed by atoms with E-state index in [4.69, 9.17) is 27.9 Å². The molecule has 1 aromatic carbocycles. The van der Waals surface area contributed by atoms with E-state index in [9.17, 15) is 14.4 Å². The highest BCUT2D eigenvalue weighted by Gasteiger charge is 2.19. The van der Waals surface area contributed by atoms with Crippen molar-refractivity contribution < 1.29 is 14.3 Å². The van der Waals surface area contributed by atoms with Gasteiger partial charge in [0.15, 0.2) is 0 Å². The Labute approximate surface area is 167 Å². The van der Waals surface area contributed by atoms with E-state index in [0.717, 1.165) is 15.9 Å². The van der Waals surface area contributed by atoms with Crippen molar-refractivity contribution in [2.45, 2.75) is 13.5 Å². The number of hydrogen-bond acceptors (Lipinski definition) is 6. The molecule has 0 aliphatic rings. The van der Waals surface area contributed by atoms with E-state index in [1.54, 1.807) is 19.1 Å². The van der Waals surface area contributed by atoms with Crippen LogP contribution in [0.3, 0.4) is 0 Å². The lowest BCUT2D eigenvalue weighted by atomic mass is 10.2. The highest BCUT2D eigenvalue weighted by molar-refractivity contribution is 7.17. The number of aromatic nitrogens is 2. The predicted octanol–water partition coefficient (Wildman–Crippen LogP) is 3.58. The average molecular weight is 426 g/mol. The van der Waals surface area contributed by atoms with Gasteiger partial charge in [-0.15, -0.1) is 11.3 Å². The summed E-state index contributed by atoms with van der Waals surface area (Å²) in [6.45, 7) is 1.57. The number of nitrogens with zero attached hydrogens (tertiary/aromatic N) is 2. The van der Waals surface area contributed by atoms with Crippen LogP contribution in [-0.2, 0) is 16.1 Å². The monoisotopic (exact) mass is 425 g/mol. The fourth-order valence-corrected chi connectivity index (χ4v) is 3.70. The third-order valence-corrected chi connectivity index (χ3v) is 5.01. The number of anilines is 1. The second-order valence-corrected chi connectivity index (χ2v) is 7.10. The molecule has 2 heterocycles. The summed E-state index contributed by atoms with van der Waals surface area (Å²) < 4.78 is 6.08. The standard InChI is InChI=1S/C17H13Cl2N3O4S/c1-2-26-17(25)10-7-27-15-14(10)16(24)22(8-20-15)6-13(23)21-12-4-3-9(18)5-11(12)19/h3-5,7-8H,2,6H2,1H3,(H,21,23). The van der Waals surface area contributed by atoms with E-state index in [1.165, 1.54) is 17.8 Å². The van der Waals surface area contributed by atoms with Crippen molar-refractivity contribution in [2.24, 2.45) is 0 Å². The minimum absolute atomic E-state index is 0.137. The number of esters is 1. The maximum Gasteiger partial charge on any atom is 0.339 e. The van der Waals surface area contributed by atoms with Crippen LogP contribution in [0.2, 0.25) is 10.0 Å². The normalized spacial score (nSPS) is 10.8. The van der Waals surface area contributed by atoms with Gasteiger partial charge in [-0.1, -0.05) is 23.2 Å². The summed E-state index contributed by atoms with van der Waals surface area (Å²) in [6.07, 6.45) is 1.26. The fraction of sp³-hybridized carbons (Fsp3) is 0.176. The first-order valence-corrected chi connectivity index (χ1v) is 9.43. The van der Waals surface area contributed by atoms with Gasteiger partial charge in [0, 0.05) is 10.4 Å². The molecular weight excluding hydrogens is 413 g/mol. The Balaban J connectivity index is 1.87. The van der Waals surface area contributed by atoms with Crippen LogP contribution in [0.4, 0.5) is 5.69 Å². The molecule has 2 aromatic heterocycles. The maximum atomic E-state index is 12.7. The van der Waals surface area contributed by atoms with Crippen molar-refractivity contribution in [1.82, 2.24) is 9.55 Å². The summed E-state index contributed by atoms with van der Waals surface area (Å²) in [6, 6.07) is 4.64. The molecule has 1 N–H and O–H groups in total. The lowest BCUT2D eigenvalue weighted by molar-refractivity contribution is -0.116. The zero-order valence-electron chi connectivity index (χ0n) is 14.0. The van der Waals surface area contributed by atoms with Crippen LogP contribution < -0.4 is 10.9 Å². The van der Waals surface area contributed by atoms with Crippen molar-refractivity contribution in [3.05, 3.63) is 55.9 Å². The van der Waals surface area contributed by atoms with Gasteiger partial charge in [0.2, 0.25) is 5.91 Å². The molecule has 140 valence electrons. The number of halogens is 2. The molecule has 0 bridgehead atoms. The molecule has 3 rings (SSSR count). The van der Waals surface area contributed by atoms with Crippen molar-refractivity contribution >= 4 is 62.3 Å². The van der Waals surface area contributed by atoms with Gasteiger partial charge in [-0.25, -0.2) is 9.78 Å². The van der Waals surface area contributed by atoms with Gasteiger partial charge in [0.1, 0.15) is 11.4 Å². The SMILES string of the molecule is CCOC(=O)c1csc2ncn(CC(=O)Nc3ccc(Cl)cc3Cl)c(=O)c12. The number of carbonyl (C=O) groups excluding carboxylic acids is 2. The van der Waals surface area contributed by atoms with E-state index >= 15 is 0 Å². The maximum absolute atomic E-state index is 12.7. The molecule has 0 saturated carbocycles. The van der Waals surface area contributed by atoms with Gasteiger partial charge < -0.3 is 10.1 Å². The van der Waals surface area contributed by atoms with E-state index in [2.05, 4.69) is 10.3 Å². The molecule has 0 atom stereocenters. The largest absolute Gasteiger partial charge is 0.462 e. The smallest absolute Gasteiger partial charge is 0.339 e. The number of fused-ring (bicyclic) bond motifs is 1. The molecule has 10 heteroatoms. The van der Waals surface area contributed by atoms with Gasteiger partial charge in [-0.3, -0.25) is 14.2 Å². The lowest BCUT2D eigenvalue weighted by Crippen LogP contribution is -2.28. The molecule has 0 radical (unpaired) electrons. The van der Waals surface area contributed by atoms with Gasteiger partial charge in [0.25, 0.3) is 5.56 Å². The second-order valence-electron chi connectivity index (χ2n) is 5.40. The lowest BCUT2D eigenvalue weighted by Gasteiger charge is -2.09. The van der Waals surface area contributed by atoms with E-state index < -0.39 is 17.4 Å². The molecule has 27 heavy (non-hydrogen) atoms. The number of nitrogens with one attached hydrogen (secondary N) is 1. The van der Waals surface area contributed by atoms with Crippen LogP contribution in [0.25, 0.3) is 10.2 Å². The molecule has 0 aliphatic carbocycles. The van der Waals surface area contributed by atoms with E-state index in [-0.39, 0.29) is 29.1 Å². The molecular formula is C17H13Cl2N3O4S. The zero-order chi connectivity index (χ0) is 19.6. The van der Waals surface area contributed by atoms with Crippen molar-refractivity contribution in [3.63, 3.8) is 0 Å². The Morgan fingerprint density at radius 3 is 2.81 bits per heavy atom. The van der Waals surface area contributed by atoms with Crippen LogP contribution >= 0.6 is 34.5 Å². The summed E-state index contributed by atoms with van der Waals surface area (Å²) in [5.74, 6) is -1.08. The number of carbonyl (C=O) groups is 2. The van der Waals surface area contributed by atoms with Crippen molar-refractivity contribution in [1.29, 1.82) is 0 Å². The Hall–Kier alpha value is -2.42. The summed E-state index contributed by atoms with van der Waals surface area (Å²) in [4.78, 5) is 41.6. The minimum Gasteiger partial charge on any atom is -0.462 e. The summed E-state index contributed by atoms with van der Waals surface area (Å²) in [7, 11) is 0. The number of hydrogen-bond donors (Lipinski definition) is 1. The van der Waals surface area contributed by atoms with Crippen LogP contribution in [-0.4, -0.2) is 28.0 Å². The first kappa shape index (κ1) is 19.3. The topological polar surface area (TPSA) is 90.3 Å². The Morgan fingerprint density at radius 2 is 2.11 bits per heavy atom. The van der Waals surface area contributed by atoms with Crippen LogP contribution in [0.15, 0.2) is 34.7 Å². The molecule has 0 fully saturated rings. The minimum atomic E-state index is -0.599. The first-order valence-electron chi connectivity index (χ1n) is 7.79. The van der Waals surface area contributed by atoms with Crippen molar-refractivity contribution in [3.8, 4) is 0 Å². The second kappa shape index (κ2) is 8.08. The Morgan fingerprint density at radius 1 is 1.33 bits per heavy atom. The molecule has 0 aliphatic heterocycles. The number of rotatable bonds is 5. The van der Waals surface area contributed by atoms with Crippen LogP contribution in [0.5, 0.6) is 0 Å².